The minimum absolute atomic E-state index is 0.00907. The molecule has 0 heterocycles. The summed E-state index contributed by atoms with van der Waals surface area (Å²) in [4.78, 5) is 11.7. The molecule has 1 rings (SSSR count). The quantitative estimate of drug-likeness (QED) is 0.691. The molecule has 3 N–H and O–H groups in total. The second-order valence-corrected chi connectivity index (χ2v) is 5.55. The first-order chi connectivity index (χ1) is 7.88. The van der Waals surface area contributed by atoms with Crippen molar-refractivity contribution < 1.29 is 9.53 Å². The lowest BCUT2D eigenvalue weighted by Gasteiger charge is -2.27. The first kappa shape index (κ1) is 14.0. The standard InChI is InChI=1S/C13H24N2O2/c1-13(2,3)17-12(16)15-11-9-7-5-4-6-8-10(11)14/h4,6,10-11H,5,7-9,14H2,1-3H3,(H,15,16)/b6-4+/t10-,11+/m0/s1. The summed E-state index contributed by atoms with van der Waals surface area (Å²) < 4.78 is 5.24. The third-order valence-electron chi connectivity index (χ3n) is 2.68. The molecule has 1 amide bonds. The summed E-state index contributed by atoms with van der Waals surface area (Å²) in [7, 11) is 0. The maximum atomic E-state index is 11.7. The second-order valence-electron chi connectivity index (χ2n) is 5.55. The molecule has 0 saturated carbocycles. The smallest absolute Gasteiger partial charge is 0.407 e. The first-order valence-corrected chi connectivity index (χ1v) is 6.28. The maximum Gasteiger partial charge on any atom is 0.407 e. The van der Waals surface area contributed by atoms with E-state index >= 15 is 0 Å². The van der Waals surface area contributed by atoms with E-state index in [2.05, 4.69) is 17.5 Å². The fourth-order valence-corrected chi connectivity index (χ4v) is 1.84. The Morgan fingerprint density at radius 2 is 2.12 bits per heavy atom. The van der Waals surface area contributed by atoms with Crippen LogP contribution in [0.5, 0.6) is 0 Å². The molecule has 0 unspecified atom stereocenters. The Hall–Kier alpha value is -1.03. The van der Waals surface area contributed by atoms with Gasteiger partial charge in [-0.15, -0.1) is 0 Å². The third kappa shape index (κ3) is 5.73. The molecule has 98 valence electrons. The number of rotatable bonds is 1. The molecule has 1 aliphatic rings. The van der Waals surface area contributed by atoms with Gasteiger partial charge >= 0.3 is 6.09 Å². The van der Waals surface area contributed by atoms with E-state index in [0.717, 1.165) is 25.7 Å². The highest BCUT2D eigenvalue weighted by molar-refractivity contribution is 5.68. The maximum absolute atomic E-state index is 11.7. The number of ether oxygens (including phenoxy) is 1. The minimum atomic E-state index is -0.463. The molecule has 4 heteroatoms. The van der Waals surface area contributed by atoms with Crippen LogP contribution in [-0.4, -0.2) is 23.8 Å². The topological polar surface area (TPSA) is 64.3 Å². The van der Waals surface area contributed by atoms with Gasteiger partial charge in [-0.25, -0.2) is 4.79 Å². The van der Waals surface area contributed by atoms with Crippen LogP contribution < -0.4 is 11.1 Å². The monoisotopic (exact) mass is 240 g/mol. The lowest BCUT2D eigenvalue weighted by molar-refractivity contribution is 0.0493. The van der Waals surface area contributed by atoms with Crippen LogP contribution in [0.25, 0.3) is 0 Å². The van der Waals surface area contributed by atoms with Crippen LogP contribution in [0, 0.1) is 0 Å². The Bertz CT molecular complexity index is 282. The molecule has 0 saturated heterocycles. The molecule has 0 aromatic rings. The Morgan fingerprint density at radius 3 is 2.76 bits per heavy atom. The number of hydrogen-bond donors (Lipinski definition) is 2. The predicted octanol–water partition coefficient (Wildman–Crippen LogP) is 2.34. The SMILES string of the molecule is CC(C)(C)OC(=O)N[C@@H]1CCC/C=C/C[C@@H]1N. The summed E-state index contributed by atoms with van der Waals surface area (Å²) in [6.07, 6.45) is 7.69. The van der Waals surface area contributed by atoms with E-state index in [9.17, 15) is 4.79 Å². The van der Waals surface area contributed by atoms with Crippen molar-refractivity contribution in [3.8, 4) is 0 Å². The van der Waals surface area contributed by atoms with Gasteiger partial charge in [-0.3, -0.25) is 0 Å². The van der Waals surface area contributed by atoms with Gasteiger partial charge in [-0.2, -0.15) is 0 Å². The van der Waals surface area contributed by atoms with E-state index in [1.807, 2.05) is 20.8 Å². The summed E-state index contributed by atoms with van der Waals surface area (Å²) in [5, 5.41) is 2.87. The summed E-state index contributed by atoms with van der Waals surface area (Å²) in [5.74, 6) is 0. The summed E-state index contributed by atoms with van der Waals surface area (Å²) in [6.45, 7) is 5.56. The Morgan fingerprint density at radius 1 is 1.41 bits per heavy atom. The number of nitrogens with two attached hydrogens (primary N) is 1. The van der Waals surface area contributed by atoms with Crippen molar-refractivity contribution in [3.63, 3.8) is 0 Å². The van der Waals surface area contributed by atoms with Gasteiger partial charge in [0, 0.05) is 12.1 Å². The lowest BCUT2D eigenvalue weighted by atomic mass is 9.97. The minimum Gasteiger partial charge on any atom is -0.444 e. The first-order valence-electron chi connectivity index (χ1n) is 6.28. The van der Waals surface area contributed by atoms with Gasteiger partial charge in [0.2, 0.25) is 0 Å². The number of carbonyl (C=O) groups excluding carboxylic acids is 1. The van der Waals surface area contributed by atoms with Crippen LogP contribution in [0.15, 0.2) is 12.2 Å². The third-order valence-corrected chi connectivity index (χ3v) is 2.68. The molecule has 1 aliphatic carbocycles. The number of amides is 1. The van der Waals surface area contributed by atoms with Crippen LogP contribution in [0.3, 0.4) is 0 Å². The van der Waals surface area contributed by atoms with Crippen molar-refractivity contribution >= 4 is 6.09 Å². The molecule has 17 heavy (non-hydrogen) atoms. The zero-order valence-corrected chi connectivity index (χ0v) is 11.0. The molecule has 0 aliphatic heterocycles. The summed E-state index contributed by atoms with van der Waals surface area (Å²) in [6, 6.07) is -0.0196. The van der Waals surface area contributed by atoms with E-state index < -0.39 is 5.60 Å². The van der Waals surface area contributed by atoms with Crippen molar-refractivity contribution in [2.45, 2.75) is 64.1 Å². The number of carbonyl (C=O) groups is 1. The van der Waals surface area contributed by atoms with Gasteiger partial charge in [0.05, 0.1) is 0 Å². The number of alkyl carbamates (subject to hydrolysis) is 1. The fourth-order valence-electron chi connectivity index (χ4n) is 1.84. The molecular weight excluding hydrogens is 216 g/mol. The molecule has 0 radical (unpaired) electrons. The molecule has 2 atom stereocenters. The van der Waals surface area contributed by atoms with Crippen molar-refractivity contribution in [1.82, 2.24) is 5.32 Å². The average molecular weight is 240 g/mol. The Balaban J connectivity index is 2.48. The molecule has 0 bridgehead atoms. The largest absolute Gasteiger partial charge is 0.444 e. The Kier molecular flexibility index (Phi) is 5.00. The normalized spacial score (nSPS) is 27.8. The van der Waals surface area contributed by atoms with E-state index in [0.29, 0.717) is 0 Å². The van der Waals surface area contributed by atoms with Gasteiger partial charge in [-0.05, 0) is 46.5 Å². The molecule has 0 fully saturated rings. The highest BCUT2D eigenvalue weighted by Crippen LogP contribution is 2.13. The van der Waals surface area contributed by atoms with Crippen molar-refractivity contribution in [2.75, 3.05) is 0 Å². The van der Waals surface area contributed by atoms with Gasteiger partial charge in [0.25, 0.3) is 0 Å². The van der Waals surface area contributed by atoms with E-state index in [4.69, 9.17) is 10.5 Å². The number of nitrogens with one attached hydrogen (secondary N) is 1. The summed E-state index contributed by atoms with van der Waals surface area (Å²) >= 11 is 0. The lowest BCUT2D eigenvalue weighted by Crippen LogP contribution is -2.49. The van der Waals surface area contributed by atoms with Crippen molar-refractivity contribution in [3.05, 3.63) is 12.2 Å². The average Bonchev–Trinajstić information content (AvgIpc) is 2.15. The number of allylic oxidation sites excluding steroid dienone is 1. The molecule has 0 aromatic heterocycles. The number of hydrogen-bond acceptors (Lipinski definition) is 3. The van der Waals surface area contributed by atoms with E-state index in [-0.39, 0.29) is 18.2 Å². The van der Waals surface area contributed by atoms with Crippen molar-refractivity contribution in [1.29, 1.82) is 0 Å². The van der Waals surface area contributed by atoms with Gasteiger partial charge in [-0.1, -0.05) is 12.2 Å². The van der Waals surface area contributed by atoms with E-state index in [1.165, 1.54) is 0 Å². The van der Waals surface area contributed by atoms with Crippen LogP contribution >= 0.6 is 0 Å². The van der Waals surface area contributed by atoms with Gasteiger partial charge in [0.15, 0.2) is 0 Å². The van der Waals surface area contributed by atoms with Crippen LogP contribution in [0.2, 0.25) is 0 Å². The molecule has 0 aromatic carbocycles. The molecule has 4 nitrogen and oxygen atoms in total. The zero-order chi connectivity index (χ0) is 12.9. The highest BCUT2D eigenvalue weighted by Gasteiger charge is 2.23. The van der Waals surface area contributed by atoms with Crippen molar-refractivity contribution in [2.24, 2.45) is 5.73 Å². The summed E-state index contributed by atoms with van der Waals surface area (Å²) in [5.41, 5.74) is 5.58. The van der Waals surface area contributed by atoms with Crippen LogP contribution in [0.1, 0.15) is 46.5 Å². The fraction of sp³-hybridized carbons (Fsp3) is 0.769. The van der Waals surface area contributed by atoms with Gasteiger partial charge < -0.3 is 15.8 Å². The second kappa shape index (κ2) is 6.05. The zero-order valence-electron chi connectivity index (χ0n) is 11.0. The predicted molar refractivity (Wildman–Crippen MR) is 68.7 cm³/mol. The van der Waals surface area contributed by atoms with Crippen LogP contribution in [-0.2, 0) is 4.74 Å². The van der Waals surface area contributed by atoms with E-state index in [1.54, 1.807) is 0 Å². The molecular formula is C13H24N2O2. The Labute approximate surface area is 104 Å². The molecule has 0 spiro atoms. The van der Waals surface area contributed by atoms with Crippen LogP contribution in [0.4, 0.5) is 4.79 Å². The highest BCUT2D eigenvalue weighted by atomic mass is 16.6. The van der Waals surface area contributed by atoms with Gasteiger partial charge in [0.1, 0.15) is 5.60 Å².